The number of hydrogen-bond donors (Lipinski definition) is 2. The number of benzene rings is 2. The first kappa shape index (κ1) is 18.9. The lowest BCUT2D eigenvalue weighted by Gasteiger charge is -2.09. The molecule has 0 aliphatic heterocycles. The number of rotatable bonds is 5. The number of para-hydroxylation sites is 2. The van der Waals surface area contributed by atoms with Gasteiger partial charge in [-0.2, -0.15) is 0 Å². The van der Waals surface area contributed by atoms with E-state index in [1.165, 1.54) is 12.1 Å². The standard InChI is InChI=1S/C22H22FN5O/c1-13(2)11-25-22(29)18-19-21(27-17-6-4-3-5-16(17)26-19)28(20(18)24)12-14-7-9-15(23)10-8-14/h3-10,13H,11-12,24H2,1-2H3,(H,25,29). The monoisotopic (exact) mass is 391 g/mol. The molecule has 6 nitrogen and oxygen atoms in total. The van der Waals surface area contributed by atoms with Crippen molar-refractivity contribution in [1.29, 1.82) is 0 Å². The Balaban J connectivity index is 1.89. The highest BCUT2D eigenvalue weighted by molar-refractivity contribution is 6.10. The molecule has 0 aliphatic rings. The number of carbonyl (C=O) groups excluding carboxylic acids is 1. The Morgan fingerprint density at radius 2 is 1.76 bits per heavy atom. The molecule has 0 radical (unpaired) electrons. The molecular formula is C22H22FN5O. The topological polar surface area (TPSA) is 85.8 Å². The summed E-state index contributed by atoms with van der Waals surface area (Å²) in [5.41, 5.74) is 9.98. The van der Waals surface area contributed by atoms with Crippen LogP contribution in [-0.2, 0) is 6.54 Å². The minimum atomic E-state index is -0.307. The number of nitrogen functional groups attached to an aromatic ring is 1. The van der Waals surface area contributed by atoms with Crippen molar-refractivity contribution < 1.29 is 9.18 Å². The van der Waals surface area contributed by atoms with E-state index in [2.05, 4.69) is 10.3 Å². The van der Waals surface area contributed by atoms with E-state index < -0.39 is 0 Å². The summed E-state index contributed by atoms with van der Waals surface area (Å²) in [6, 6.07) is 13.6. The van der Waals surface area contributed by atoms with Gasteiger partial charge in [0.05, 0.1) is 17.6 Å². The predicted octanol–water partition coefficient (Wildman–Crippen LogP) is 3.74. The molecule has 0 fully saturated rings. The van der Waals surface area contributed by atoms with Crippen LogP contribution in [0.25, 0.3) is 22.2 Å². The Morgan fingerprint density at radius 1 is 1.10 bits per heavy atom. The number of carbonyl (C=O) groups is 1. The predicted molar refractivity (Wildman–Crippen MR) is 112 cm³/mol. The van der Waals surface area contributed by atoms with Gasteiger partial charge in [-0.1, -0.05) is 38.1 Å². The minimum Gasteiger partial charge on any atom is -0.384 e. The third kappa shape index (κ3) is 3.63. The molecule has 7 heteroatoms. The van der Waals surface area contributed by atoms with Crippen LogP contribution in [0.4, 0.5) is 10.2 Å². The van der Waals surface area contributed by atoms with Crippen LogP contribution in [0.1, 0.15) is 29.8 Å². The largest absolute Gasteiger partial charge is 0.384 e. The molecule has 4 rings (SSSR count). The lowest BCUT2D eigenvalue weighted by atomic mass is 10.2. The third-order valence-electron chi connectivity index (χ3n) is 4.74. The fraction of sp³-hybridized carbons (Fsp3) is 0.227. The zero-order valence-corrected chi connectivity index (χ0v) is 16.3. The van der Waals surface area contributed by atoms with Gasteiger partial charge in [-0.05, 0) is 35.7 Å². The van der Waals surface area contributed by atoms with Gasteiger partial charge < -0.3 is 15.6 Å². The average Bonchev–Trinajstić information content (AvgIpc) is 2.97. The van der Waals surface area contributed by atoms with Crippen LogP contribution < -0.4 is 11.1 Å². The van der Waals surface area contributed by atoms with E-state index in [-0.39, 0.29) is 11.7 Å². The van der Waals surface area contributed by atoms with Crippen LogP contribution >= 0.6 is 0 Å². The molecule has 0 atom stereocenters. The van der Waals surface area contributed by atoms with E-state index in [1.54, 1.807) is 16.7 Å². The quantitative estimate of drug-likeness (QED) is 0.543. The van der Waals surface area contributed by atoms with Gasteiger partial charge in [0.25, 0.3) is 5.91 Å². The summed E-state index contributed by atoms with van der Waals surface area (Å²) < 4.78 is 15.0. The molecule has 2 aromatic carbocycles. The van der Waals surface area contributed by atoms with E-state index in [1.807, 2.05) is 38.1 Å². The van der Waals surface area contributed by atoms with Crippen molar-refractivity contribution in [2.75, 3.05) is 12.3 Å². The SMILES string of the molecule is CC(C)CNC(=O)c1c(N)n(Cc2ccc(F)cc2)c2nc3ccccc3nc12. The minimum absolute atomic E-state index is 0.274. The molecule has 148 valence electrons. The van der Waals surface area contributed by atoms with Crippen molar-refractivity contribution in [3.8, 4) is 0 Å². The molecule has 0 saturated carbocycles. The van der Waals surface area contributed by atoms with E-state index in [9.17, 15) is 9.18 Å². The van der Waals surface area contributed by atoms with Gasteiger partial charge in [0, 0.05) is 6.54 Å². The van der Waals surface area contributed by atoms with Gasteiger partial charge in [-0.3, -0.25) is 4.79 Å². The summed E-state index contributed by atoms with van der Waals surface area (Å²) in [5, 5.41) is 2.91. The highest BCUT2D eigenvalue weighted by atomic mass is 19.1. The number of nitrogens with two attached hydrogens (primary N) is 1. The maximum atomic E-state index is 13.3. The lowest BCUT2D eigenvalue weighted by molar-refractivity contribution is 0.0951. The van der Waals surface area contributed by atoms with Gasteiger partial charge in [0.1, 0.15) is 22.7 Å². The Bertz CT molecular complexity index is 1200. The van der Waals surface area contributed by atoms with E-state index in [0.717, 1.165) is 5.56 Å². The third-order valence-corrected chi connectivity index (χ3v) is 4.74. The Morgan fingerprint density at radius 3 is 2.41 bits per heavy atom. The van der Waals surface area contributed by atoms with Crippen molar-refractivity contribution in [2.24, 2.45) is 5.92 Å². The van der Waals surface area contributed by atoms with Crippen molar-refractivity contribution in [1.82, 2.24) is 19.9 Å². The number of nitrogens with zero attached hydrogens (tertiary/aromatic N) is 3. The second kappa shape index (κ2) is 7.50. The van der Waals surface area contributed by atoms with Crippen molar-refractivity contribution in [2.45, 2.75) is 20.4 Å². The first-order valence-electron chi connectivity index (χ1n) is 9.51. The number of anilines is 1. The molecular weight excluding hydrogens is 369 g/mol. The Labute approximate surface area is 167 Å². The summed E-state index contributed by atoms with van der Waals surface area (Å²) >= 11 is 0. The number of nitrogens with one attached hydrogen (secondary N) is 1. The number of halogens is 1. The van der Waals surface area contributed by atoms with Crippen LogP contribution in [0.3, 0.4) is 0 Å². The molecule has 0 bridgehead atoms. The van der Waals surface area contributed by atoms with E-state index >= 15 is 0 Å². The number of hydrogen-bond acceptors (Lipinski definition) is 4. The zero-order chi connectivity index (χ0) is 20.5. The normalized spacial score (nSPS) is 11.4. The maximum absolute atomic E-state index is 13.3. The second-order valence-corrected chi connectivity index (χ2v) is 7.46. The first-order valence-corrected chi connectivity index (χ1v) is 9.51. The lowest BCUT2D eigenvalue weighted by Crippen LogP contribution is -2.28. The fourth-order valence-electron chi connectivity index (χ4n) is 3.26. The average molecular weight is 391 g/mol. The number of aromatic nitrogens is 3. The van der Waals surface area contributed by atoms with Gasteiger partial charge in [-0.25, -0.2) is 14.4 Å². The fourth-order valence-corrected chi connectivity index (χ4v) is 3.26. The maximum Gasteiger partial charge on any atom is 0.257 e. The van der Waals surface area contributed by atoms with Gasteiger partial charge >= 0.3 is 0 Å². The van der Waals surface area contributed by atoms with Crippen molar-refractivity contribution >= 4 is 33.9 Å². The Kier molecular flexibility index (Phi) is 4.88. The molecule has 29 heavy (non-hydrogen) atoms. The first-order chi connectivity index (χ1) is 13.9. The van der Waals surface area contributed by atoms with E-state index in [4.69, 9.17) is 10.7 Å². The highest BCUT2D eigenvalue weighted by Gasteiger charge is 2.24. The Hall–Kier alpha value is -3.48. The van der Waals surface area contributed by atoms with Gasteiger partial charge in [-0.15, -0.1) is 0 Å². The summed E-state index contributed by atoms with van der Waals surface area (Å²) in [5.74, 6) is 0.0165. The number of fused-ring (bicyclic) bond motifs is 2. The zero-order valence-electron chi connectivity index (χ0n) is 16.3. The van der Waals surface area contributed by atoms with Crippen molar-refractivity contribution in [3.05, 3.63) is 65.5 Å². The van der Waals surface area contributed by atoms with Crippen LogP contribution in [-0.4, -0.2) is 27.0 Å². The van der Waals surface area contributed by atoms with Crippen LogP contribution in [0, 0.1) is 11.7 Å². The highest BCUT2D eigenvalue weighted by Crippen LogP contribution is 2.28. The summed E-state index contributed by atoms with van der Waals surface area (Å²) in [4.78, 5) is 22.3. The molecule has 3 N–H and O–H groups in total. The van der Waals surface area contributed by atoms with Gasteiger partial charge in [0.2, 0.25) is 0 Å². The molecule has 0 spiro atoms. The van der Waals surface area contributed by atoms with Crippen LogP contribution in [0.5, 0.6) is 0 Å². The molecule has 2 heterocycles. The molecule has 0 aliphatic carbocycles. The van der Waals surface area contributed by atoms with E-state index in [0.29, 0.717) is 52.6 Å². The molecule has 0 saturated heterocycles. The van der Waals surface area contributed by atoms with Gasteiger partial charge in [0.15, 0.2) is 5.65 Å². The molecule has 2 aromatic heterocycles. The summed E-state index contributed by atoms with van der Waals surface area (Å²) in [7, 11) is 0. The molecule has 4 aromatic rings. The van der Waals surface area contributed by atoms with Crippen LogP contribution in [0.15, 0.2) is 48.5 Å². The van der Waals surface area contributed by atoms with Crippen molar-refractivity contribution in [3.63, 3.8) is 0 Å². The summed E-state index contributed by atoms with van der Waals surface area (Å²) in [6.07, 6.45) is 0. The number of amides is 1. The molecule has 1 amide bonds. The second-order valence-electron chi connectivity index (χ2n) is 7.46. The van der Waals surface area contributed by atoms with Crippen LogP contribution in [0.2, 0.25) is 0 Å². The summed E-state index contributed by atoms with van der Waals surface area (Å²) in [6.45, 7) is 4.93. The molecule has 0 unspecified atom stereocenters. The smallest absolute Gasteiger partial charge is 0.257 e.